The standard InChI is InChI=1S/C11H17N3O/c1-8-5-13-7-10(8)11(15)14-4-3-12-6-9(14)2/h5,7,9,12-13H,3-4,6H2,1-2H3. The molecule has 2 heterocycles. The van der Waals surface area contributed by atoms with Gasteiger partial charge in [0.15, 0.2) is 0 Å². The number of carbonyl (C=O) groups is 1. The predicted molar refractivity (Wildman–Crippen MR) is 58.9 cm³/mol. The Labute approximate surface area is 89.7 Å². The van der Waals surface area contributed by atoms with E-state index in [9.17, 15) is 4.79 Å². The molecule has 4 nitrogen and oxygen atoms in total. The summed E-state index contributed by atoms with van der Waals surface area (Å²) >= 11 is 0. The molecule has 1 aliphatic heterocycles. The fourth-order valence-corrected chi connectivity index (χ4v) is 1.97. The number of rotatable bonds is 1. The maximum Gasteiger partial charge on any atom is 0.255 e. The fourth-order valence-electron chi connectivity index (χ4n) is 1.97. The van der Waals surface area contributed by atoms with Gasteiger partial charge in [-0.2, -0.15) is 0 Å². The topological polar surface area (TPSA) is 48.1 Å². The van der Waals surface area contributed by atoms with Crippen molar-refractivity contribution in [3.05, 3.63) is 23.5 Å². The van der Waals surface area contributed by atoms with Crippen LogP contribution in [0.3, 0.4) is 0 Å². The molecule has 2 rings (SSSR count). The molecule has 0 aromatic carbocycles. The molecule has 0 radical (unpaired) electrons. The minimum atomic E-state index is 0.141. The second kappa shape index (κ2) is 4.06. The lowest BCUT2D eigenvalue weighted by atomic mass is 10.1. The van der Waals surface area contributed by atoms with Crippen LogP contribution in [0.15, 0.2) is 12.4 Å². The van der Waals surface area contributed by atoms with Gasteiger partial charge in [0.1, 0.15) is 0 Å². The second-order valence-electron chi connectivity index (χ2n) is 4.10. The molecule has 2 N–H and O–H groups in total. The van der Waals surface area contributed by atoms with E-state index in [1.165, 1.54) is 0 Å². The molecule has 1 unspecified atom stereocenters. The van der Waals surface area contributed by atoms with E-state index in [0.717, 1.165) is 30.8 Å². The van der Waals surface area contributed by atoms with Crippen LogP contribution in [-0.4, -0.2) is 41.5 Å². The molecule has 1 atom stereocenters. The number of nitrogens with zero attached hydrogens (tertiary/aromatic N) is 1. The van der Waals surface area contributed by atoms with Gasteiger partial charge in [0.25, 0.3) is 5.91 Å². The Balaban J connectivity index is 2.17. The van der Waals surface area contributed by atoms with Crippen LogP contribution in [0.5, 0.6) is 0 Å². The first-order valence-corrected chi connectivity index (χ1v) is 5.35. The Hall–Kier alpha value is -1.29. The normalized spacial score (nSPS) is 21.7. The Morgan fingerprint density at radius 3 is 2.93 bits per heavy atom. The minimum absolute atomic E-state index is 0.141. The zero-order chi connectivity index (χ0) is 10.8. The van der Waals surface area contributed by atoms with Crippen molar-refractivity contribution in [2.75, 3.05) is 19.6 Å². The summed E-state index contributed by atoms with van der Waals surface area (Å²) in [6, 6.07) is 0.278. The van der Waals surface area contributed by atoms with Gasteiger partial charge < -0.3 is 15.2 Å². The Morgan fingerprint density at radius 1 is 1.53 bits per heavy atom. The van der Waals surface area contributed by atoms with Crippen LogP contribution in [0.1, 0.15) is 22.8 Å². The van der Waals surface area contributed by atoms with Crippen LogP contribution in [0.4, 0.5) is 0 Å². The van der Waals surface area contributed by atoms with Crippen molar-refractivity contribution in [1.82, 2.24) is 15.2 Å². The highest BCUT2D eigenvalue weighted by molar-refractivity contribution is 5.95. The van der Waals surface area contributed by atoms with Gasteiger partial charge in [0.2, 0.25) is 0 Å². The van der Waals surface area contributed by atoms with Gasteiger partial charge in [-0.05, 0) is 19.4 Å². The number of amides is 1. The van der Waals surface area contributed by atoms with Gasteiger partial charge in [-0.15, -0.1) is 0 Å². The number of hydrogen-bond acceptors (Lipinski definition) is 2. The first-order chi connectivity index (χ1) is 7.20. The molecule has 1 aromatic heterocycles. The lowest BCUT2D eigenvalue weighted by molar-refractivity contribution is 0.0655. The number of piperazine rings is 1. The molecule has 15 heavy (non-hydrogen) atoms. The van der Waals surface area contributed by atoms with Crippen LogP contribution < -0.4 is 5.32 Å². The third-order valence-corrected chi connectivity index (χ3v) is 2.94. The lowest BCUT2D eigenvalue weighted by Crippen LogP contribution is -2.52. The zero-order valence-corrected chi connectivity index (χ0v) is 9.21. The van der Waals surface area contributed by atoms with Gasteiger partial charge in [0, 0.05) is 38.1 Å². The highest BCUT2D eigenvalue weighted by atomic mass is 16.2. The molecule has 1 fully saturated rings. The van der Waals surface area contributed by atoms with Gasteiger partial charge >= 0.3 is 0 Å². The number of aryl methyl sites for hydroxylation is 1. The van der Waals surface area contributed by atoms with Crippen molar-refractivity contribution < 1.29 is 4.79 Å². The van der Waals surface area contributed by atoms with Crippen molar-refractivity contribution in [2.24, 2.45) is 0 Å². The van der Waals surface area contributed by atoms with Gasteiger partial charge in [-0.25, -0.2) is 0 Å². The monoisotopic (exact) mass is 207 g/mol. The summed E-state index contributed by atoms with van der Waals surface area (Å²) in [7, 11) is 0. The molecule has 4 heteroatoms. The summed E-state index contributed by atoms with van der Waals surface area (Å²) in [5.74, 6) is 0.141. The molecule has 0 bridgehead atoms. The van der Waals surface area contributed by atoms with Crippen molar-refractivity contribution in [2.45, 2.75) is 19.9 Å². The number of aromatic nitrogens is 1. The highest BCUT2D eigenvalue weighted by Crippen LogP contribution is 2.13. The van der Waals surface area contributed by atoms with E-state index in [4.69, 9.17) is 0 Å². The molecule has 1 aliphatic rings. The number of nitrogens with one attached hydrogen (secondary N) is 2. The van der Waals surface area contributed by atoms with Crippen LogP contribution in [0, 0.1) is 6.92 Å². The fraction of sp³-hybridized carbons (Fsp3) is 0.545. The molecular formula is C11H17N3O. The van der Waals surface area contributed by atoms with E-state index in [1.807, 2.05) is 18.0 Å². The molecular weight excluding hydrogens is 190 g/mol. The number of hydrogen-bond donors (Lipinski definition) is 2. The van der Waals surface area contributed by atoms with E-state index < -0.39 is 0 Å². The molecule has 0 saturated carbocycles. The van der Waals surface area contributed by atoms with Crippen molar-refractivity contribution in [3.63, 3.8) is 0 Å². The van der Waals surface area contributed by atoms with E-state index in [1.54, 1.807) is 6.20 Å². The third kappa shape index (κ3) is 1.90. The van der Waals surface area contributed by atoms with E-state index in [-0.39, 0.29) is 11.9 Å². The summed E-state index contributed by atoms with van der Waals surface area (Å²) in [6.07, 6.45) is 3.65. The average molecular weight is 207 g/mol. The maximum absolute atomic E-state index is 12.2. The van der Waals surface area contributed by atoms with Gasteiger partial charge in [-0.3, -0.25) is 4.79 Å². The van der Waals surface area contributed by atoms with Crippen LogP contribution in [0.2, 0.25) is 0 Å². The van der Waals surface area contributed by atoms with E-state index in [0.29, 0.717) is 0 Å². The number of aromatic amines is 1. The van der Waals surface area contributed by atoms with Crippen molar-refractivity contribution in [1.29, 1.82) is 0 Å². The summed E-state index contributed by atoms with van der Waals surface area (Å²) < 4.78 is 0. The first kappa shape index (κ1) is 10.2. The quantitative estimate of drug-likeness (QED) is 0.714. The van der Waals surface area contributed by atoms with Gasteiger partial charge in [-0.1, -0.05) is 0 Å². The van der Waals surface area contributed by atoms with Crippen LogP contribution in [0.25, 0.3) is 0 Å². The van der Waals surface area contributed by atoms with E-state index in [2.05, 4.69) is 17.2 Å². The molecule has 1 amide bonds. The molecule has 1 aromatic rings. The minimum Gasteiger partial charge on any atom is -0.367 e. The van der Waals surface area contributed by atoms with Gasteiger partial charge in [0.05, 0.1) is 5.56 Å². The molecule has 0 spiro atoms. The van der Waals surface area contributed by atoms with Crippen LogP contribution >= 0.6 is 0 Å². The number of H-pyrrole nitrogens is 1. The van der Waals surface area contributed by atoms with Crippen LogP contribution in [-0.2, 0) is 0 Å². The number of carbonyl (C=O) groups excluding carboxylic acids is 1. The lowest BCUT2D eigenvalue weighted by Gasteiger charge is -2.34. The predicted octanol–water partition coefficient (Wildman–Crippen LogP) is 0.757. The van der Waals surface area contributed by atoms with Crippen molar-refractivity contribution >= 4 is 5.91 Å². The SMILES string of the molecule is Cc1c[nH]cc1C(=O)N1CCNCC1C. The Bertz CT molecular complexity index is 358. The molecule has 82 valence electrons. The zero-order valence-electron chi connectivity index (χ0n) is 9.21. The summed E-state index contributed by atoms with van der Waals surface area (Å²) in [5, 5.41) is 3.28. The largest absolute Gasteiger partial charge is 0.367 e. The average Bonchev–Trinajstić information content (AvgIpc) is 2.64. The smallest absolute Gasteiger partial charge is 0.255 e. The third-order valence-electron chi connectivity index (χ3n) is 2.94. The highest BCUT2D eigenvalue weighted by Gasteiger charge is 2.25. The second-order valence-corrected chi connectivity index (χ2v) is 4.10. The summed E-state index contributed by atoms with van der Waals surface area (Å²) in [5.41, 5.74) is 1.81. The summed E-state index contributed by atoms with van der Waals surface area (Å²) in [4.78, 5) is 17.1. The van der Waals surface area contributed by atoms with Crippen molar-refractivity contribution in [3.8, 4) is 0 Å². The van der Waals surface area contributed by atoms with E-state index >= 15 is 0 Å². The first-order valence-electron chi connectivity index (χ1n) is 5.35. The maximum atomic E-state index is 12.2. The Morgan fingerprint density at radius 2 is 2.33 bits per heavy atom. The summed E-state index contributed by atoms with van der Waals surface area (Å²) in [6.45, 7) is 6.60. The molecule has 1 saturated heterocycles. The Kier molecular flexibility index (Phi) is 2.77. The molecule has 0 aliphatic carbocycles.